The Balaban J connectivity index is 1.87. The number of carbonyl (C=O) groups is 1. The van der Waals surface area contributed by atoms with Gasteiger partial charge in [0.05, 0.1) is 6.61 Å². The van der Waals surface area contributed by atoms with Crippen molar-refractivity contribution in [3.8, 4) is 11.5 Å². The summed E-state index contributed by atoms with van der Waals surface area (Å²) in [5.41, 5.74) is 0.622. The summed E-state index contributed by atoms with van der Waals surface area (Å²) in [6.45, 7) is -0.686. The largest absolute Gasteiger partial charge is 0.508 e. The molecule has 0 radical (unpaired) electrons. The first-order chi connectivity index (χ1) is 14.3. The molecule has 0 aliphatic carbocycles. The zero-order valence-electron chi connectivity index (χ0n) is 15.7. The van der Waals surface area contributed by atoms with Crippen LogP contribution in [0.4, 0.5) is 0 Å². The molecule has 0 saturated carbocycles. The molecule has 1 saturated heterocycles. The van der Waals surface area contributed by atoms with E-state index in [1.54, 1.807) is 6.08 Å². The summed E-state index contributed by atoms with van der Waals surface area (Å²) >= 11 is 0. The molecule has 1 aliphatic rings. The van der Waals surface area contributed by atoms with Crippen molar-refractivity contribution in [2.75, 3.05) is 6.61 Å². The lowest BCUT2D eigenvalue weighted by atomic mass is 9.99. The fraction of sp³-hybridized carbons (Fsp3) is 0.286. The number of esters is 1. The Kier molecular flexibility index (Phi) is 6.70. The number of hydrogen-bond donors (Lipinski definition) is 6. The third-order valence-corrected chi connectivity index (χ3v) is 4.66. The van der Waals surface area contributed by atoms with Gasteiger partial charge >= 0.3 is 5.97 Å². The number of aliphatic hydroxyl groups is 4. The third kappa shape index (κ3) is 4.61. The predicted molar refractivity (Wildman–Crippen MR) is 104 cm³/mol. The van der Waals surface area contributed by atoms with Gasteiger partial charge in [0.2, 0.25) is 6.29 Å². The van der Waals surface area contributed by atoms with Crippen molar-refractivity contribution in [3.05, 3.63) is 59.2 Å². The first kappa shape index (κ1) is 21.8. The summed E-state index contributed by atoms with van der Waals surface area (Å²) in [5.74, 6) is -1.97. The third-order valence-electron chi connectivity index (χ3n) is 4.66. The zero-order valence-corrected chi connectivity index (χ0v) is 15.7. The van der Waals surface area contributed by atoms with Crippen molar-refractivity contribution < 1.29 is 44.9 Å². The van der Waals surface area contributed by atoms with Crippen molar-refractivity contribution in [1.82, 2.24) is 0 Å². The SMILES string of the molecule is O=C(O[C@H]1O[C@H](CO)[C@@H](O)[C@H](O)[C@@H]1O)c1c(O)cc(O)cc1C=Cc1ccccc1. The number of phenols is 2. The number of phenolic OH excluding ortho intramolecular Hbond substituents is 2. The summed E-state index contributed by atoms with van der Waals surface area (Å²) in [4.78, 5) is 12.7. The maximum Gasteiger partial charge on any atom is 0.344 e. The number of hydrogen-bond acceptors (Lipinski definition) is 9. The van der Waals surface area contributed by atoms with E-state index in [1.165, 1.54) is 12.1 Å². The molecule has 0 unspecified atom stereocenters. The highest BCUT2D eigenvalue weighted by Crippen LogP contribution is 2.31. The van der Waals surface area contributed by atoms with E-state index in [1.807, 2.05) is 30.3 Å². The molecular weight excluding hydrogens is 396 g/mol. The van der Waals surface area contributed by atoms with Gasteiger partial charge in [-0.05, 0) is 17.2 Å². The molecule has 1 fully saturated rings. The molecule has 3 rings (SSSR count). The molecule has 6 N–H and O–H groups in total. The molecule has 1 aliphatic heterocycles. The summed E-state index contributed by atoms with van der Waals surface area (Å²) in [6.07, 6.45) is -4.93. The lowest BCUT2D eigenvalue weighted by Crippen LogP contribution is -2.59. The van der Waals surface area contributed by atoms with Crippen LogP contribution in [0.25, 0.3) is 12.2 Å². The normalized spacial score (nSPS) is 26.6. The molecule has 30 heavy (non-hydrogen) atoms. The van der Waals surface area contributed by atoms with Crippen LogP contribution in [0.2, 0.25) is 0 Å². The van der Waals surface area contributed by atoms with Gasteiger partial charge in [-0.3, -0.25) is 0 Å². The average molecular weight is 418 g/mol. The van der Waals surface area contributed by atoms with Gasteiger partial charge in [-0.2, -0.15) is 0 Å². The maximum absolute atomic E-state index is 12.7. The van der Waals surface area contributed by atoms with Crippen LogP contribution < -0.4 is 0 Å². The van der Waals surface area contributed by atoms with Crippen molar-refractivity contribution in [3.63, 3.8) is 0 Å². The Bertz CT molecular complexity index is 910. The number of ether oxygens (including phenoxy) is 2. The van der Waals surface area contributed by atoms with E-state index in [0.717, 1.165) is 11.6 Å². The molecular formula is C21H22O9. The number of rotatable bonds is 5. The van der Waals surface area contributed by atoms with Crippen LogP contribution in [0, 0.1) is 0 Å². The lowest BCUT2D eigenvalue weighted by Gasteiger charge is -2.39. The fourth-order valence-corrected chi connectivity index (χ4v) is 3.07. The van der Waals surface area contributed by atoms with E-state index in [0.29, 0.717) is 0 Å². The van der Waals surface area contributed by atoms with E-state index >= 15 is 0 Å². The molecule has 5 atom stereocenters. The van der Waals surface area contributed by atoms with Crippen LogP contribution >= 0.6 is 0 Å². The lowest BCUT2D eigenvalue weighted by molar-refractivity contribution is -0.285. The number of benzene rings is 2. The van der Waals surface area contributed by atoms with Crippen LogP contribution in [0.1, 0.15) is 21.5 Å². The second kappa shape index (κ2) is 9.24. The molecule has 9 nitrogen and oxygen atoms in total. The van der Waals surface area contributed by atoms with Crippen LogP contribution in [0.5, 0.6) is 11.5 Å². The Labute approximate surface area is 171 Å². The van der Waals surface area contributed by atoms with E-state index in [2.05, 4.69) is 0 Å². The van der Waals surface area contributed by atoms with Gasteiger partial charge in [0.1, 0.15) is 41.5 Å². The van der Waals surface area contributed by atoms with Gasteiger partial charge in [0, 0.05) is 6.07 Å². The molecule has 0 bridgehead atoms. The Morgan fingerprint density at radius 2 is 1.70 bits per heavy atom. The molecule has 0 aromatic heterocycles. The quantitative estimate of drug-likeness (QED) is 0.295. The van der Waals surface area contributed by atoms with Gasteiger partial charge in [-0.25, -0.2) is 4.79 Å². The average Bonchev–Trinajstić information content (AvgIpc) is 2.72. The van der Waals surface area contributed by atoms with Crippen molar-refractivity contribution >= 4 is 18.1 Å². The van der Waals surface area contributed by atoms with Crippen molar-refractivity contribution in [2.45, 2.75) is 30.7 Å². The van der Waals surface area contributed by atoms with E-state index in [4.69, 9.17) is 9.47 Å². The highest BCUT2D eigenvalue weighted by atomic mass is 16.7. The molecule has 0 spiro atoms. The van der Waals surface area contributed by atoms with Crippen molar-refractivity contribution in [1.29, 1.82) is 0 Å². The molecule has 2 aromatic carbocycles. The first-order valence-corrected chi connectivity index (χ1v) is 9.12. The molecule has 0 amide bonds. The minimum atomic E-state index is -1.78. The second-order valence-electron chi connectivity index (χ2n) is 6.78. The minimum Gasteiger partial charge on any atom is -0.508 e. The summed E-state index contributed by atoms with van der Waals surface area (Å²) in [6, 6.07) is 11.3. The van der Waals surface area contributed by atoms with Crippen LogP contribution in [0.3, 0.4) is 0 Å². The number of aliphatic hydroxyl groups excluding tert-OH is 4. The maximum atomic E-state index is 12.7. The monoisotopic (exact) mass is 418 g/mol. The first-order valence-electron chi connectivity index (χ1n) is 9.12. The fourth-order valence-electron chi connectivity index (χ4n) is 3.07. The van der Waals surface area contributed by atoms with E-state index in [9.17, 15) is 35.4 Å². The summed E-state index contributed by atoms with van der Waals surface area (Å²) in [5, 5.41) is 58.9. The smallest absolute Gasteiger partial charge is 0.344 e. The van der Waals surface area contributed by atoms with E-state index in [-0.39, 0.29) is 16.9 Å². The molecule has 2 aromatic rings. The van der Waals surface area contributed by atoms with Crippen molar-refractivity contribution in [2.24, 2.45) is 0 Å². The van der Waals surface area contributed by atoms with Gasteiger partial charge in [0.25, 0.3) is 0 Å². The minimum absolute atomic E-state index is 0.131. The highest BCUT2D eigenvalue weighted by molar-refractivity contribution is 5.98. The summed E-state index contributed by atoms with van der Waals surface area (Å²) < 4.78 is 10.2. The molecule has 160 valence electrons. The van der Waals surface area contributed by atoms with E-state index < -0.39 is 49.0 Å². The predicted octanol–water partition coefficient (Wildman–Crippen LogP) is 0.225. The van der Waals surface area contributed by atoms with Crippen LogP contribution in [-0.2, 0) is 9.47 Å². The second-order valence-corrected chi connectivity index (χ2v) is 6.78. The van der Waals surface area contributed by atoms with Crippen LogP contribution in [-0.4, -0.2) is 73.9 Å². The zero-order chi connectivity index (χ0) is 21.8. The van der Waals surface area contributed by atoms with Gasteiger partial charge < -0.3 is 40.1 Å². The Hall–Kier alpha value is -2.95. The van der Waals surface area contributed by atoms with Crippen LogP contribution in [0.15, 0.2) is 42.5 Å². The molecule has 9 heteroatoms. The number of aromatic hydroxyl groups is 2. The Morgan fingerprint density at radius 1 is 1.00 bits per heavy atom. The van der Waals surface area contributed by atoms with Gasteiger partial charge in [-0.15, -0.1) is 0 Å². The standard InChI is InChI=1S/C21H22O9/c22-10-15-17(25)18(26)19(27)21(29-15)30-20(28)16-12(8-13(23)9-14(16)24)7-6-11-4-2-1-3-5-11/h1-9,15,17-19,21-27H,10H2/t15-,17-,18+,19+,21-/m1/s1. The number of carbonyl (C=O) groups excluding carboxylic acids is 1. The summed E-state index contributed by atoms with van der Waals surface area (Å²) in [7, 11) is 0. The van der Waals surface area contributed by atoms with Gasteiger partial charge in [-0.1, -0.05) is 42.5 Å². The van der Waals surface area contributed by atoms with Gasteiger partial charge in [0.15, 0.2) is 0 Å². The Morgan fingerprint density at radius 3 is 2.37 bits per heavy atom. The topological polar surface area (TPSA) is 157 Å². The molecule has 1 heterocycles. The highest BCUT2D eigenvalue weighted by Gasteiger charge is 2.45.